The van der Waals surface area contributed by atoms with Crippen molar-refractivity contribution in [2.75, 3.05) is 19.7 Å². The van der Waals surface area contributed by atoms with Crippen LogP contribution in [-0.4, -0.2) is 25.5 Å². The molecule has 0 spiro atoms. The molecule has 3 nitrogen and oxygen atoms in total. The summed E-state index contributed by atoms with van der Waals surface area (Å²) in [5.41, 5.74) is 2.42. The third-order valence-electron chi connectivity index (χ3n) is 3.08. The lowest BCUT2D eigenvalue weighted by molar-refractivity contribution is 0.373. The summed E-state index contributed by atoms with van der Waals surface area (Å²) in [7, 11) is 0. The van der Waals surface area contributed by atoms with Gasteiger partial charge in [-0.1, -0.05) is 42.5 Å². The molecule has 0 fully saturated rings. The quantitative estimate of drug-likeness (QED) is 0.907. The normalized spacial score (nSPS) is 13.8. The van der Waals surface area contributed by atoms with Gasteiger partial charge in [-0.05, 0) is 23.3 Å². The van der Waals surface area contributed by atoms with Crippen molar-refractivity contribution in [3.05, 3.63) is 54.6 Å². The summed E-state index contributed by atoms with van der Waals surface area (Å²) in [6, 6.07) is 18.5. The molecule has 0 unspecified atom stereocenters. The molecule has 0 saturated carbocycles. The summed E-state index contributed by atoms with van der Waals surface area (Å²) < 4.78 is 5.69. The van der Waals surface area contributed by atoms with Gasteiger partial charge >= 0.3 is 0 Å². The predicted molar refractivity (Wildman–Crippen MR) is 77.7 cm³/mol. The van der Waals surface area contributed by atoms with E-state index in [9.17, 15) is 0 Å². The zero-order valence-corrected chi connectivity index (χ0v) is 10.7. The van der Waals surface area contributed by atoms with E-state index in [1.54, 1.807) is 0 Å². The molecule has 1 heterocycles. The lowest BCUT2D eigenvalue weighted by atomic mass is 10.1. The van der Waals surface area contributed by atoms with Crippen molar-refractivity contribution < 1.29 is 4.74 Å². The molecule has 0 amide bonds. The van der Waals surface area contributed by atoms with Crippen LogP contribution in [0.4, 0.5) is 0 Å². The fourth-order valence-corrected chi connectivity index (χ4v) is 2.07. The van der Waals surface area contributed by atoms with E-state index in [-0.39, 0.29) is 0 Å². The number of amidine groups is 1. The lowest BCUT2D eigenvalue weighted by Crippen LogP contribution is -2.24. The van der Waals surface area contributed by atoms with E-state index in [0.29, 0.717) is 6.61 Å². The van der Waals surface area contributed by atoms with Gasteiger partial charge in [0.1, 0.15) is 18.2 Å². The minimum Gasteiger partial charge on any atom is -0.486 e. The third-order valence-corrected chi connectivity index (χ3v) is 3.08. The van der Waals surface area contributed by atoms with Gasteiger partial charge in [0.2, 0.25) is 0 Å². The topological polar surface area (TPSA) is 33.6 Å². The van der Waals surface area contributed by atoms with Gasteiger partial charge in [-0.25, -0.2) is 0 Å². The summed E-state index contributed by atoms with van der Waals surface area (Å²) in [6.45, 7) is 2.29. The maximum Gasteiger partial charge on any atom is 0.145 e. The van der Waals surface area contributed by atoms with Gasteiger partial charge in [-0.2, -0.15) is 0 Å². The Morgan fingerprint density at radius 3 is 2.37 bits per heavy atom. The first-order valence-corrected chi connectivity index (χ1v) is 6.47. The molecule has 19 heavy (non-hydrogen) atoms. The predicted octanol–water partition coefficient (Wildman–Crippen LogP) is 2.73. The first-order chi connectivity index (χ1) is 9.42. The molecule has 3 rings (SSSR count). The molecule has 2 aromatic rings. The summed E-state index contributed by atoms with van der Waals surface area (Å²) in [6.07, 6.45) is 0. The molecular weight excluding hydrogens is 236 g/mol. The molecule has 0 saturated heterocycles. The minimum atomic E-state index is 0.519. The highest BCUT2D eigenvalue weighted by Crippen LogP contribution is 2.21. The second kappa shape index (κ2) is 5.57. The van der Waals surface area contributed by atoms with E-state index in [1.807, 2.05) is 30.3 Å². The van der Waals surface area contributed by atoms with Crippen molar-refractivity contribution in [2.45, 2.75) is 0 Å². The van der Waals surface area contributed by atoms with Crippen LogP contribution in [0.15, 0.2) is 59.6 Å². The second-order valence-corrected chi connectivity index (χ2v) is 4.43. The highest BCUT2D eigenvalue weighted by atomic mass is 16.5. The fraction of sp³-hybridized carbons (Fsp3) is 0.188. The Morgan fingerprint density at radius 2 is 1.68 bits per heavy atom. The molecule has 2 aromatic carbocycles. The van der Waals surface area contributed by atoms with E-state index in [2.05, 4.69) is 34.6 Å². The number of hydrogen-bond donors (Lipinski definition) is 1. The van der Waals surface area contributed by atoms with Crippen molar-refractivity contribution in [3.8, 4) is 16.9 Å². The van der Waals surface area contributed by atoms with E-state index in [0.717, 1.165) is 24.7 Å². The highest BCUT2D eigenvalue weighted by molar-refractivity contribution is 5.85. The summed E-state index contributed by atoms with van der Waals surface area (Å²) in [4.78, 5) is 4.30. The standard InChI is InChI=1S/C16H16N2O/c1-2-4-13(5-3-1)14-6-8-15(9-7-14)19-12-16-17-10-11-18-16/h1-9H,10-12H2,(H,17,18). The maximum atomic E-state index is 5.69. The third kappa shape index (κ3) is 2.94. The number of rotatable bonds is 4. The average Bonchev–Trinajstić information content (AvgIpc) is 3.00. The SMILES string of the molecule is c1ccc(-c2ccc(OCC3=NCCN3)cc2)cc1. The van der Waals surface area contributed by atoms with Crippen LogP contribution in [0.1, 0.15) is 0 Å². The van der Waals surface area contributed by atoms with Crippen molar-refractivity contribution in [3.63, 3.8) is 0 Å². The lowest BCUT2D eigenvalue weighted by Gasteiger charge is -2.07. The van der Waals surface area contributed by atoms with Crippen molar-refractivity contribution in [1.82, 2.24) is 5.32 Å². The fourth-order valence-electron chi connectivity index (χ4n) is 2.07. The Hall–Kier alpha value is -2.29. The molecule has 0 radical (unpaired) electrons. The van der Waals surface area contributed by atoms with Crippen LogP contribution in [0.2, 0.25) is 0 Å². The second-order valence-electron chi connectivity index (χ2n) is 4.43. The molecule has 1 N–H and O–H groups in total. The van der Waals surface area contributed by atoms with Crippen LogP contribution in [0.25, 0.3) is 11.1 Å². The van der Waals surface area contributed by atoms with Gasteiger partial charge in [-0.15, -0.1) is 0 Å². The number of nitrogens with zero attached hydrogens (tertiary/aromatic N) is 1. The van der Waals surface area contributed by atoms with E-state index in [4.69, 9.17) is 4.74 Å². The molecular formula is C16H16N2O. The Bertz CT molecular complexity index is 561. The zero-order chi connectivity index (χ0) is 12.9. The summed E-state index contributed by atoms with van der Waals surface area (Å²) in [5.74, 6) is 1.81. The van der Waals surface area contributed by atoms with Crippen molar-refractivity contribution >= 4 is 5.84 Å². The molecule has 3 heteroatoms. The van der Waals surface area contributed by atoms with Gasteiger partial charge in [0.25, 0.3) is 0 Å². The Balaban J connectivity index is 1.65. The average molecular weight is 252 g/mol. The molecule has 0 aliphatic carbocycles. The largest absolute Gasteiger partial charge is 0.486 e. The molecule has 0 aromatic heterocycles. The number of aliphatic imine (C=N–C) groups is 1. The van der Waals surface area contributed by atoms with Gasteiger partial charge in [-0.3, -0.25) is 4.99 Å². The van der Waals surface area contributed by atoms with E-state index < -0.39 is 0 Å². The smallest absolute Gasteiger partial charge is 0.145 e. The van der Waals surface area contributed by atoms with Gasteiger partial charge in [0, 0.05) is 6.54 Å². The number of benzene rings is 2. The summed E-state index contributed by atoms with van der Waals surface area (Å²) in [5, 5.41) is 3.19. The van der Waals surface area contributed by atoms with Crippen molar-refractivity contribution in [1.29, 1.82) is 0 Å². The Morgan fingerprint density at radius 1 is 0.947 bits per heavy atom. The molecule has 96 valence electrons. The van der Waals surface area contributed by atoms with E-state index >= 15 is 0 Å². The van der Waals surface area contributed by atoms with Crippen LogP contribution in [0.3, 0.4) is 0 Å². The van der Waals surface area contributed by atoms with Crippen LogP contribution < -0.4 is 10.1 Å². The first kappa shape index (κ1) is 11.8. The number of hydrogen-bond acceptors (Lipinski definition) is 3. The maximum absolute atomic E-state index is 5.69. The Labute approximate surface area is 113 Å². The monoisotopic (exact) mass is 252 g/mol. The van der Waals surface area contributed by atoms with Crippen LogP contribution in [-0.2, 0) is 0 Å². The number of nitrogens with one attached hydrogen (secondary N) is 1. The van der Waals surface area contributed by atoms with Crippen LogP contribution in [0, 0.1) is 0 Å². The highest BCUT2D eigenvalue weighted by Gasteiger charge is 2.05. The van der Waals surface area contributed by atoms with Gasteiger partial charge < -0.3 is 10.1 Å². The summed E-state index contributed by atoms with van der Waals surface area (Å²) >= 11 is 0. The molecule has 0 atom stereocenters. The van der Waals surface area contributed by atoms with Crippen molar-refractivity contribution in [2.24, 2.45) is 4.99 Å². The Kier molecular flexibility index (Phi) is 3.45. The molecule has 1 aliphatic rings. The first-order valence-electron chi connectivity index (χ1n) is 6.47. The zero-order valence-electron chi connectivity index (χ0n) is 10.7. The van der Waals surface area contributed by atoms with Gasteiger partial charge in [0.15, 0.2) is 0 Å². The van der Waals surface area contributed by atoms with Gasteiger partial charge in [0.05, 0.1) is 6.54 Å². The minimum absolute atomic E-state index is 0.519. The molecule has 0 bridgehead atoms. The molecule has 1 aliphatic heterocycles. The van der Waals surface area contributed by atoms with Crippen LogP contribution >= 0.6 is 0 Å². The van der Waals surface area contributed by atoms with Crippen LogP contribution in [0.5, 0.6) is 5.75 Å². The van der Waals surface area contributed by atoms with E-state index in [1.165, 1.54) is 11.1 Å². The number of ether oxygens (including phenoxy) is 1.